The molecule has 0 saturated heterocycles. The Morgan fingerprint density at radius 2 is 2.19 bits per heavy atom. The molecule has 0 bridgehead atoms. The summed E-state index contributed by atoms with van der Waals surface area (Å²) in [5.41, 5.74) is 6.03. The van der Waals surface area contributed by atoms with Gasteiger partial charge in [0.1, 0.15) is 11.9 Å². The molecule has 1 saturated carbocycles. The number of methoxy groups -OCH3 is 1. The number of hydrogen-bond acceptors (Lipinski definition) is 4. The summed E-state index contributed by atoms with van der Waals surface area (Å²) in [5.74, 6) is 1.36. The van der Waals surface area contributed by atoms with Crippen molar-refractivity contribution in [1.82, 2.24) is 4.98 Å². The van der Waals surface area contributed by atoms with Crippen molar-refractivity contribution in [3.63, 3.8) is 0 Å². The third-order valence-corrected chi connectivity index (χ3v) is 2.96. The lowest BCUT2D eigenvalue weighted by Crippen LogP contribution is -2.41. The molecule has 2 unspecified atom stereocenters. The predicted octanol–water partition coefficient (Wildman–Crippen LogP) is 1.74. The van der Waals surface area contributed by atoms with Crippen LogP contribution in [0.15, 0.2) is 18.3 Å². The molecule has 1 heterocycles. The van der Waals surface area contributed by atoms with Crippen molar-refractivity contribution in [2.45, 2.75) is 37.8 Å². The van der Waals surface area contributed by atoms with Gasteiger partial charge in [0, 0.05) is 18.3 Å². The molecule has 0 aromatic carbocycles. The normalized spacial score (nSPS) is 25.1. The topological polar surface area (TPSA) is 57.4 Å². The molecule has 2 N–H and O–H groups in total. The Hall–Kier alpha value is -1.29. The summed E-state index contributed by atoms with van der Waals surface area (Å²) in [7, 11) is 1.60. The van der Waals surface area contributed by atoms with E-state index in [1.54, 1.807) is 19.4 Å². The quantitative estimate of drug-likeness (QED) is 0.846. The fourth-order valence-corrected chi connectivity index (χ4v) is 2.02. The van der Waals surface area contributed by atoms with Crippen LogP contribution in [0.2, 0.25) is 0 Å². The van der Waals surface area contributed by atoms with Gasteiger partial charge < -0.3 is 15.2 Å². The minimum Gasteiger partial charge on any atom is -0.489 e. The number of nitrogens with two attached hydrogens (primary N) is 1. The Kier molecular flexibility index (Phi) is 3.62. The van der Waals surface area contributed by atoms with Crippen molar-refractivity contribution in [3.05, 3.63) is 18.3 Å². The van der Waals surface area contributed by atoms with Crippen LogP contribution >= 0.6 is 0 Å². The van der Waals surface area contributed by atoms with Crippen LogP contribution in [0.3, 0.4) is 0 Å². The molecular weight excluding hydrogens is 204 g/mol. The first kappa shape index (κ1) is 11.2. The molecule has 1 aliphatic rings. The monoisotopic (exact) mass is 222 g/mol. The first-order valence-corrected chi connectivity index (χ1v) is 5.72. The van der Waals surface area contributed by atoms with Crippen LogP contribution in [0.1, 0.15) is 25.7 Å². The van der Waals surface area contributed by atoms with Gasteiger partial charge in [0.15, 0.2) is 0 Å². The van der Waals surface area contributed by atoms with Crippen LogP contribution in [-0.2, 0) is 0 Å². The number of hydrogen-bond donors (Lipinski definition) is 1. The fraction of sp³-hybridized carbons (Fsp3) is 0.583. The molecule has 2 atom stereocenters. The Morgan fingerprint density at radius 1 is 1.38 bits per heavy atom. The Labute approximate surface area is 95.8 Å². The second-order valence-corrected chi connectivity index (χ2v) is 4.14. The van der Waals surface area contributed by atoms with Crippen molar-refractivity contribution in [3.8, 4) is 11.6 Å². The van der Waals surface area contributed by atoms with Crippen molar-refractivity contribution < 1.29 is 9.47 Å². The number of rotatable bonds is 3. The summed E-state index contributed by atoms with van der Waals surface area (Å²) >= 11 is 0. The molecule has 4 heteroatoms. The second kappa shape index (κ2) is 5.16. The molecule has 2 rings (SSSR count). The highest BCUT2D eigenvalue weighted by Crippen LogP contribution is 2.24. The third kappa shape index (κ3) is 2.64. The first-order chi connectivity index (χ1) is 7.79. The van der Waals surface area contributed by atoms with Crippen LogP contribution in [0.4, 0.5) is 0 Å². The molecule has 0 amide bonds. The van der Waals surface area contributed by atoms with Crippen molar-refractivity contribution in [1.29, 1.82) is 0 Å². The second-order valence-electron chi connectivity index (χ2n) is 4.14. The molecular formula is C12H18N2O2. The minimum absolute atomic E-state index is 0.126. The summed E-state index contributed by atoms with van der Waals surface area (Å²) in [5, 5.41) is 0. The van der Waals surface area contributed by atoms with E-state index in [-0.39, 0.29) is 12.1 Å². The van der Waals surface area contributed by atoms with Gasteiger partial charge in [-0.1, -0.05) is 6.42 Å². The third-order valence-electron chi connectivity index (χ3n) is 2.96. The summed E-state index contributed by atoms with van der Waals surface area (Å²) in [6.07, 6.45) is 6.29. The summed E-state index contributed by atoms with van der Waals surface area (Å²) in [4.78, 5) is 4.04. The van der Waals surface area contributed by atoms with E-state index in [2.05, 4.69) is 4.98 Å². The van der Waals surface area contributed by atoms with E-state index < -0.39 is 0 Å². The van der Waals surface area contributed by atoms with E-state index in [0.717, 1.165) is 18.6 Å². The van der Waals surface area contributed by atoms with Crippen LogP contribution < -0.4 is 15.2 Å². The Morgan fingerprint density at radius 3 is 2.94 bits per heavy atom. The van der Waals surface area contributed by atoms with Crippen molar-refractivity contribution >= 4 is 0 Å². The average molecular weight is 222 g/mol. The van der Waals surface area contributed by atoms with Gasteiger partial charge in [0.05, 0.1) is 7.11 Å². The molecule has 0 aliphatic heterocycles. The maximum Gasteiger partial charge on any atom is 0.216 e. The molecule has 1 aliphatic carbocycles. The zero-order chi connectivity index (χ0) is 11.4. The largest absolute Gasteiger partial charge is 0.489 e. The Bertz CT molecular complexity index is 344. The number of nitrogens with zero attached hydrogens (tertiary/aromatic N) is 1. The highest BCUT2D eigenvalue weighted by Gasteiger charge is 2.23. The van der Waals surface area contributed by atoms with Crippen LogP contribution in [0.25, 0.3) is 0 Å². The fourth-order valence-electron chi connectivity index (χ4n) is 2.02. The van der Waals surface area contributed by atoms with E-state index in [1.807, 2.05) is 6.07 Å². The van der Waals surface area contributed by atoms with Gasteiger partial charge in [-0.25, -0.2) is 4.98 Å². The zero-order valence-corrected chi connectivity index (χ0v) is 9.56. The molecule has 0 radical (unpaired) electrons. The van der Waals surface area contributed by atoms with E-state index in [4.69, 9.17) is 15.2 Å². The Balaban J connectivity index is 2.01. The minimum atomic E-state index is 0.126. The highest BCUT2D eigenvalue weighted by molar-refractivity contribution is 5.26. The molecule has 1 fully saturated rings. The lowest BCUT2D eigenvalue weighted by molar-refractivity contribution is 0.132. The van der Waals surface area contributed by atoms with E-state index >= 15 is 0 Å². The molecule has 1 aromatic heterocycles. The number of ether oxygens (including phenoxy) is 2. The first-order valence-electron chi connectivity index (χ1n) is 5.72. The molecule has 4 nitrogen and oxygen atoms in total. The molecule has 0 spiro atoms. The van der Waals surface area contributed by atoms with E-state index in [0.29, 0.717) is 5.88 Å². The van der Waals surface area contributed by atoms with Gasteiger partial charge in [0.25, 0.3) is 0 Å². The zero-order valence-electron chi connectivity index (χ0n) is 9.56. The van der Waals surface area contributed by atoms with Crippen molar-refractivity contribution in [2.24, 2.45) is 5.73 Å². The summed E-state index contributed by atoms with van der Waals surface area (Å²) in [6, 6.07) is 3.78. The van der Waals surface area contributed by atoms with E-state index in [9.17, 15) is 0 Å². The van der Waals surface area contributed by atoms with Crippen LogP contribution in [-0.4, -0.2) is 24.2 Å². The van der Waals surface area contributed by atoms with Gasteiger partial charge in [-0.15, -0.1) is 0 Å². The molecule has 88 valence electrons. The lowest BCUT2D eigenvalue weighted by atomic mass is 9.93. The number of aromatic nitrogens is 1. The molecule has 1 aromatic rings. The smallest absolute Gasteiger partial charge is 0.216 e. The summed E-state index contributed by atoms with van der Waals surface area (Å²) in [6.45, 7) is 0. The van der Waals surface area contributed by atoms with Crippen LogP contribution in [0.5, 0.6) is 11.6 Å². The lowest BCUT2D eigenvalue weighted by Gasteiger charge is -2.29. The maximum absolute atomic E-state index is 6.03. The highest BCUT2D eigenvalue weighted by atomic mass is 16.5. The SMILES string of the molecule is COc1cc(OC2CCCCC2N)ccn1. The van der Waals surface area contributed by atoms with Gasteiger partial charge in [0.2, 0.25) is 5.88 Å². The number of pyridine rings is 1. The van der Waals surface area contributed by atoms with Crippen molar-refractivity contribution in [2.75, 3.05) is 7.11 Å². The van der Waals surface area contributed by atoms with Gasteiger partial charge in [-0.3, -0.25) is 0 Å². The standard InChI is InChI=1S/C12H18N2O2/c1-15-12-8-9(6-7-14-12)16-11-5-3-2-4-10(11)13/h6-8,10-11H,2-5,13H2,1H3. The van der Waals surface area contributed by atoms with Crippen LogP contribution in [0, 0.1) is 0 Å². The van der Waals surface area contributed by atoms with E-state index in [1.165, 1.54) is 12.8 Å². The average Bonchev–Trinajstić information content (AvgIpc) is 2.32. The van der Waals surface area contributed by atoms with Gasteiger partial charge >= 0.3 is 0 Å². The maximum atomic E-state index is 6.03. The van der Waals surface area contributed by atoms with Gasteiger partial charge in [-0.2, -0.15) is 0 Å². The predicted molar refractivity (Wildman–Crippen MR) is 61.6 cm³/mol. The van der Waals surface area contributed by atoms with Gasteiger partial charge in [-0.05, 0) is 25.3 Å². The molecule has 16 heavy (non-hydrogen) atoms. The summed E-state index contributed by atoms with van der Waals surface area (Å²) < 4.78 is 10.9.